The van der Waals surface area contributed by atoms with E-state index in [4.69, 9.17) is 17.0 Å². The number of thioether (sulfide) groups is 1. The first-order valence-electron chi connectivity index (χ1n) is 9.41. The Hall–Kier alpha value is -2.16. The summed E-state index contributed by atoms with van der Waals surface area (Å²) in [6.45, 7) is 4.99. The molecule has 30 heavy (non-hydrogen) atoms. The van der Waals surface area contributed by atoms with Crippen molar-refractivity contribution in [1.82, 2.24) is 10.4 Å². The van der Waals surface area contributed by atoms with Gasteiger partial charge in [0.2, 0.25) is 0 Å². The number of carbonyl (C=O) groups is 2. The average Bonchev–Trinajstić information content (AvgIpc) is 2.97. The average molecular weight is 505 g/mol. The number of ether oxygens (including phenoxy) is 1. The van der Waals surface area contributed by atoms with Gasteiger partial charge in [-0.3, -0.25) is 15.0 Å². The molecule has 1 aliphatic heterocycles. The Morgan fingerprint density at radius 3 is 2.50 bits per heavy atom. The molecule has 1 saturated heterocycles. The minimum atomic E-state index is -0.400. The quantitative estimate of drug-likeness (QED) is 0.402. The molecule has 0 bridgehead atoms. The van der Waals surface area contributed by atoms with E-state index in [1.54, 1.807) is 30.3 Å². The van der Waals surface area contributed by atoms with E-state index in [1.807, 2.05) is 24.3 Å². The van der Waals surface area contributed by atoms with Crippen molar-refractivity contribution in [1.29, 1.82) is 0 Å². The van der Waals surface area contributed by atoms with Gasteiger partial charge in [-0.2, -0.15) is 5.01 Å². The number of benzene rings is 2. The first-order valence-corrected chi connectivity index (χ1v) is 11.4. The standard InChI is InChI=1S/C22H21BrN2O3S2/c1-14(2)11-12-28-18-9-3-15(4-10-18)13-19-21(27)25(22(29)30-19)24-20(26)16-5-7-17(23)8-6-16/h3-10,13-14H,11-12H2,1-2H3,(H,24,26)/b19-13+. The topological polar surface area (TPSA) is 58.6 Å². The number of halogens is 1. The Morgan fingerprint density at radius 1 is 1.20 bits per heavy atom. The Morgan fingerprint density at radius 2 is 1.87 bits per heavy atom. The zero-order valence-corrected chi connectivity index (χ0v) is 19.8. The zero-order chi connectivity index (χ0) is 21.7. The summed E-state index contributed by atoms with van der Waals surface area (Å²) in [7, 11) is 0. The van der Waals surface area contributed by atoms with E-state index in [0.717, 1.165) is 39.0 Å². The third kappa shape index (κ3) is 5.93. The number of thiocarbonyl (C=S) groups is 1. The lowest BCUT2D eigenvalue weighted by Crippen LogP contribution is -2.44. The number of hydrogen-bond acceptors (Lipinski definition) is 5. The highest BCUT2D eigenvalue weighted by atomic mass is 79.9. The maximum absolute atomic E-state index is 12.7. The monoisotopic (exact) mass is 504 g/mol. The number of nitrogens with one attached hydrogen (secondary N) is 1. The van der Waals surface area contributed by atoms with Crippen LogP contribution >= 0.6 is 39.9 Å². The van der Waals surface area contributed by atoms with E-state index >= 15 is 0 Å². The van der Waals surface area contributed by atoms with Gasteiger partial charge in [-0.05, 0) is 72.6 Å². The number of hydrogen-bond donors (Lipinski definition) is 1. The van der Waals surface area contributed by atoms with Gasteiger partial charge in [-0.15, -0.1) is 0 Å². The number of amides is 2. The SMILES string of the molecule is CC(C)CCOc1ccc(/C=C2/SC(=S)N(NC(=O)c3ccc(Br)cc3)C2=O)cc1. The lowest BCUT2D eigenvalue weighted by atomic mass is 10.1. The maximum atomic E-state index is 12.7. The summed E-state index contributed by atoms with van der Waals surface area (Å²) in [5.74, 6) is 0.633. The van der Waals surface area contributed by atoms with Crippen molar-refractivity contribution in [2.24, 2.45) is 5.92 Å². The summed E-state index contributed by atoms with van der Waals surface area (Å²) < 4.78 is 6.87. The summed E-state index contributed by atoms with van der Waals surface area (Å²) in [5, 5.41) is 1.11. The van der Waals surface area contributed by atoms with Crippen LogP contribution in [0, 0.1) is 5.92 Å². The van der Waals surface area contributed by atoms with Crippen LogP contribution in [0.4, 0.5) is 0 Å². The van der Waals surface area contributed by atoms with E-state index < -0.39 is 5.91 Å². The number of hydrazine groups is 1. The molecule has 1 N–H and O–H groups in total. The number of nitrogens with zero attached hydrogens (tertiary/aromatic N) is 1. The van der Waals surface area contributed by atoms with Crippen LogP contribution in [0.5, 0.6) is 5.75 Å². The van der Waals surface area contributed by atoms with Crippen LogP contribution in [0.2, 0.25) is 0 Å². The van der Waals surface area contributed by atoms with E-state index in [-0.39, 0.29) is 10.2 Å². The minimum Gasteiger partial charge on any atom is -0.494 e. The van der Waals surface area contributed by atoms with Crippen LogP contribution in [0.15, 0.2) is 57.9 Å². The third-order valence-corrected chi connectivity index (χ3v) is 6.09. The highest BCUT2D eigenvalue weighted by molar-refractivity contribution is 9.10. The Bertz CT molecular complexity index is 973. The highest BCUT2D eigenvalue weighted by Gasteiger charge is 2.33. The van der Waals surface area contributed by atoms with Crippen molar-refractivity contribution >= 4 is 62.1 Å². The molecule has 1 fully saturated rings. The number of carbonyl (C=O) groups excluding carboxylic acids is 2. The fourth-order valence-electron chi connectivity index (χ4n) is 2.56. The van der Waals surface area contributed by atoms with Gasteiger partial charge in [-0.1, -0.05) is 53.7 Å². The maximum Gasteiger partial charge on any atom is 0.285 e. The van der Waals surface area contributed by atoms with Gasteiger partial charge in [-0.25, -0.2) is 0 Å². The van der Waals surface area contributed by atoms with Gasteiger partial charge in [0, 0.05) is 10.0 Å². The van der Waals surface area contributed by atoms with Crippen LogP contribution < -0.4 is 10.2 Å². The van der Waals surface area contributed by atoms with Gasteiger partial charge >= 0.3 is 0 Å². The second-order valence-electron chi connectivity index (χ2n) is 7.06. The van der Waals surface area contributed by atoms with E-state index in [9.17, 15) is 9.59 Å². The summed E-state index contributed by atoms with van der Waals surface area (Å²) in [5.41, 5.74) is 3.87. The van der Waals surface area contributed by atoms with Crippen molar-refractivity contribution in [2.45, 2.75) is 20.3 Å². The lowest BCUT2D eigenvalue weighted by Gasteiger charge is -2.15. The summed E-state index contributed by atoms with van der Waals surface area (Å²) in [6, 6.07) is 14.4. The Kier molecular flexibility index (Phi) is 7.69. The molecule has 1 aliphatic rings. The summed E-state index contributed by atoms with van der Waals surface area (Å²) in [6.07, 6.45) is 2.75. The first-order chi connectivity index (χ1) is 14.3. The fourth-order valence-corrected chi connectivity index (χ4v) is 4.00. The zero-order valence-electron chi connectivity index (χ0n) is 16.6. The largest absolute Gasteiger partial charge is 0.494 e. The van der Waals surface area contributed by atoms with Crippen LogP contribution in [-0.2, 0) is 4.79 Å². The molecule has 3 rings (SSSR count). The molecule has 0 radical (unpaired) electrons. The first kappa shape index (κ1) is 22.5. The van der Waals surface area contributed by atoms with Crippen molar-refractivity contribution in [3.8, 4) is 5.75 Å². The fraction of sp³-hybridized carbons (Fsp3) is 0.227. The van der Waals surface area contributed by atoms with Crippen molar-refractivity contribution < 1.29 is 14.3 Å². The van der Waals surface area contributed by atoms with Gasteiger partial charge in [0.25, 0.3) is 11.8 Å². The minimum absolute atomic E-state index is 0.283. The molecule has 0 saturated carbocycles. The van der Waals surface area contributed by atoms with E-state index in [1.165, 1.54) is 0 Å². The van der Waals surface area contributed by atoms with Crippen LogP contribution in [-0.4, -0.2) is 27.8 Å². The molecule has 0 spiro atoms. The molecule has 2 aromatic rings. The normalized spacial score (nSPS) is 15.2. The molecule has 8 heteroatoms. The molecule has 2 amide bonds. The molecular weight excluding hydrogens is 484 g/mol. The second-order valence-corrected chi connectivity index (χ2v) is 9.66. The van der Waals surface area contributed by atoms with Crippen molar-refractivity contribution in [3.05, 3.63) is 69.0 Å². The molecule has 0 atom stereocenters. The molecular formula is C22H21BrN2O3S2. The Balaban J connectivity index is 1.64. The summed E-state index contributed by atoms with van der Waals surface area (Å²) >= 11 is 9.76. The molecule has 156 valence electrons. The van der Waals surface area contributed by atoms with Crippen LogP contribution in [0.1, 0.15) is 36.2 Å². The molecule has 0 unspecified atom stereocenters. The molecule has 1 heterocycles. The van der Waals surface area contributed by atoms with E-state index in [0.29, 0.717) is 23.0 Å². The predicted octanol–water partition coefficient (Wildman–Crippen LogP) is 5.42. The molecule has 2 aromatic carbocycles. The lowest BCUT2D eigenvalue weighted by molar-refractivity contribution is -0.123. The number of rotatable bonds is 7. The van der Waals surface area contributed by atoms with Gasteiger partial charge in [0.05, 0.1) is 11.5 Å². The second kappa shape index (κ2) is 10.2. The smallest absolute Gasteiger partial charge is 0.285 e. The van der Waals surface area contributed by atoms with Gasteiger partial charge in [0.1, 0.15) is 5.75 Å². The van der Waals surface area contributed by atoms with Gasteiger partial charge in [0.15, 0.2) is 4.32 Å². The van der Waals surface area contributed by atoms with E-state index in [2.05, 4.69) is 35.2 Å². The van der Waals surface area contributed by atoms with Crippen LogP contribution in [0.3, 0.4) is 0 Å². The third-order valence-electron chi connectivity index (χ3n) is 4.26. The van der Waals surface area contributed by atoms with Gasteiger partial charge < -0.3 is 4.74 Å². The van der Waals surface area contributed by atoms with Crippen molar-refractivity contribution in [3.63, 3.8) is 0 Å². The Labute approximate surface area is 194 Å². The molecule has 5 nitrogen and oxygen atoms in total. The predicted molar refractivity (Wildman–Crippen MR) is 128 cm³/mol. The van der Waals surface area contributed by atoms with Crippen molar-refractivity contribution in [2.75, 3.05) is 6.61 Å². The van der Waals surface area contributed by atoms with Crippen LogP contribution in [0.25, 0.3) is 6.08 Å². The molecule has 0 aromatic heterocycles. The molecule has 0 aliphatic carbocycles. The summed E-state index contributed by atoms with van der Waals surface area (Å²) in [4.78, 5) is 25.6. The highest BCUT2D eigenvalue weighted by Crippen LogP contribution is 2.31.